The van der Waals surface area contributed by atoms with Crippen LogP contribution >= 0.6 is 11.3 Å². The maximum Gasteiger partial charge on any atom is 0.338 e. The normalized spacial score (nSPS) is 10.6. The number of ketones is 1. The molecule has 156 valence electrons. The second kappa shape index (κ2) is 9.49. The lowest BCUT2D eigenvalue weighted by Crippen LogP contribution is -2.13. The van der Waals surface area contributed by atoms with Crippen molar-refractivity contribution in [2.45, 2.75) is 26.7 Å². The topological polar surface area (TPSA) is 94.6 Å². The van der Waals surface area contributed by atoms with E-state index >= 15 is 0 Å². The van der Waals surface area contributed by atoms with E-state index in [1.807, 2.05) is 13.0 Å². The van der Waals surface area contributed by atoms with E-state index in [1.165, 1.54) is 18.4 Å². The zero-order valence-electron chi connectivity index (χ0n) is 17.0. The first kappa shape index (κ1) is 21.4. The third-order valence-corrected chi connectivity index (χ3v) is 5.31. The fourth-order valence-electron chi connectivity index (χ4n) is 2.90. The van der Waals surface area contributed by atoms with Gasteiger partial charge in [-0.05, 0) is 44.2 Å². The van der Waals surface area contributed by atoms with Crippen LogP contribution in [0.1, 0.15) is 46.0 Å². The molecule has 1 N–H and O–H groups in total. The number of anilines is 1. The van der Waals surface area contributed by atoms with Crippen LogP contribution in [0.5, 0.6) is 5.75 Å². The maximum absolute atomic E-state index is 12.5. The van der Waals surface area contributed by atoms with Gasteiger partial charge in [0.05, 0.1) is 35.1 Å². The van der Waals surface area contributed by atoms with Crippen molar-refractivity contribution < 1.29 is 23.9 Å². The van der Waals surface area contributed by atoms with Crippen molar-refractivity contribution in [3.63, 3.8) is 0 Å². The number of thiazole rings is 1. The number of nitrogens with one attached hydrogen (secondary N) is 1. The first-order valence-electron chi connectivity index (χ1n) is 9.46. The Morgan fingerprint density at radius 1 is 1.10 bits per heavy atom. The summed E-state index contributed by atoms with van der Waals surface area (Å²) in [7, 11) is 1.51. The third kappa shape index (κ3) is 5.01. The van der Waals surface area contributed by atoms with Crippen LogP contribution in [-0.4, -0.2) is 36.4 Å². The summed E-state index contributed by atoms with van der Waals surface area (Å²) < 4.78 is 11.0. The molecule has 0 spiro atoms. The smallest absolute Gasteiger partial charge is 0.338 e. The second-order valence-electron chi connectivity index (χ2n) is 6.60. The average molecular weight is 426 g/mol. The molecule has 1 aromatic heterocycles. The summed E-state index contributed by atoms with van der Waals surface area (Å²) in [6, 6.07) is 10.4. The molecule has 0 aliphatic heterocycles. The van der Waals surface area contributed by atoms with E-state index in [1.54, 1.807) is 37.3 Å². The van der Waals surface area contributed by atoms with Crippen LogP contribution in [0.2, 0.25) is 0 Å². The number of hydrogen-bond donors (Lipinski definition) is 1. The van der Waals surface area contributed by atoms with Crippen LogP contribution in [0, 0.1) is 6.92 Å². The Bertz CT molecular complexity index is 1110. The largest absolute Gasteiger partial charge is 0.496 e. The molecule has 0 radical (unpaired) electrons. The van der Waals surface area contributed by atoms with Crippen LogP contribution in [0.4, 0.5) is 5.13 Å². The minimum atomic E-state index is -0.400. The van der Waals surface area contributed by atoms with Crippen molar-refractivity contribution >= 4 is 44.3 Å². The van der Waals surface area contributed by atoms with Gasteiger partial charge in [-0.15, -0.1) is 0 Å². The lowest BCUT2D eigenvalue weighted by Gasteiger charge is -2.08. The Balaban J connectivity index is 1.63. The number of rotatable bonds is 8. The number of methoxy groups -OCH3 is 1. The number of benzene rings is 2. The van der Waals surface area contributed by atoms with Crippen molar-refractivity contribution in [1.29, 1.82) is 0 Å². The number of nitrogens with zero attached hydrogens (tertiary/aromatic N) is 1. The molecule has 2 aromatic carbocycles. The van der Waals surface area contributed by atoms with Gasteiger partial charge in [-0.1, -0.05) is 23.0 Å². The Labute approximate surface area is 178 Å². The van der Waals surface area contributed by atoms with Crippen LogP contribution in [-0.2, 0) is 9.53 Å². The van der Waals surface area contributed by atoms with Gasteiger partial charge in [0.15, 0.2) is 10.9 Å². The van der Waals surface area contributed by atoms with Crippen LogP contribution in [0.25, 0.3) is 10.2 Å². The van der Waals surface area contributed by atoms with Gasteiger partial charge < -0.3 is 14.8 Å². The van der Waals surface area contributed by atoms with E-state index < -0.39 is 5.97 Å². The Kier molecular flexibility index (Phi) is 6.79. The van der Waals surface area contributed by atoms with Crippen LogP contribution in [0.15, 0.2) is 36.4 Å². The summed E-state index contributed by atoms with van der Waals surface area (Å²) in [4.78, 5) is 41.0. The number of Topliss-reactive ketones (excluding diaryl/α,β-unsaturated/α-hetero) is 1. The van der Waals surface area contributed by atoms with Crippen molar-refractivity contribution in [3.8, 4) is 5.75 Å². The Hall–Kier alpha value is -3.26. The first-order valence-corrected chi connectivity index (χ1v) is 10.3. The average Bonchev–Trinajstić information content (AvgIpc) is 3.13. The van der Waals surface area contributed by atoms with Crippen molar-refractivity contribution in [1.82, 2.24) is 4.98 Å². The Morgan fingerprint density at radius 3 is 2.63 bits per heavy atom. The molecule has 3 aromatic rings. The quantitative estimate of drug-likeness (QED) is 0.424. The lowest BCUT2D eigenvalue weighted by molar-refractivity contribution is -0.116. The molecule has 0 saturated carbocycles. The first-order chi connectivity index (χ1) is 14.4. The minimum Gasteiger partial charge on any atom is -0.496 e. The SMILES string of the molecule is CCOC(=O)c1ccc2nc(NC(=O)CCC(=O)c3cc(C)ccc3OC)sc2c1. The molecule has 1 heterocycles. The van der Waals surface area contributed by atoms with Crippen LogP contribution in [0.3, 0.4) is 0 Å². The van der Waals surface area contributed by atoms with E-state index in [9.17, 15) is 14.4 Å². The van der Waals surface area contributed by atoms with E-state index in [0.717, 1.165) is 10.3 Å². The molecule has 0 aliphatic carbocycles. The van der Waals surface area contributed by atoms with Crippen molar-refractivity contribution in [2.24, 2.45) is 0 Å². The number of aryl methyl sites for hydroxylation is 1. The highest BCUT2D eigenvalue weighted by molar-refractivity contribution is 7.22. The fraction of sp³-hybridized carbons (Fsp3) is 0.273. The molecule has 0 atom stereocenters. The second-order valence-corrected chi connectivity index (χ2v) is 7.63. The number of amides is 1. The van der Waals surface area contributed by atoms with Gasteiger partial charge >= 0.3 is 5.97 Å². The predicted octanol–water partition coefficient (Wildman–Crippen LogP) is 4.39. The summed E-state index contributed by atoms with van der Waals surface area (Å²) >= 11 is 1.26. The van der Waals surface area contributed by atoms with E-state index in [0.29, 0.717) is 34.1 Å². The molecule has 3 rings (SSSR count). The van der Waals surface area contributed by atoms with Gasteiger partial charge in [0.2, 0.25) is 5.91 Å². The monoisotopic (exact) mass is 426 g/mol. The molecule has 0 aliphatic rings. The van der Waals surface area contributed by atoms with Gasteiger partial charge in [0, 0.05) is 12.8 Å². The zero-order chi connectivity index (χ0) is 21.7. The molecule has 0 saturated heterocycles. The van der Waals surface area contributed by atoms with Gasteiger partial charge in [-0.2, -0.15) is 0 Å². The molecule has 8 heteroatoms. The van der Waals surface area contributed by atoms with Crippen molar-refractivity contribution in [2.75, 3.05) is 19.0 Å². The number of hydrogen-bond acceptors (Lipinski definition) is 7. The van der Waals surface area contributed by atoms with Gasteiger partial charge in [-0.25, -0.2) is 9.78 Å². The van der Waals surface area contributed by atoms with Gasteiger partial charge in [0.25, 0.3) is 0 Å². The predicted molar refractivity (Wildman–Crippen MR) is 116 cm³/mol. The lowest BCUT2D eigenvalue weighted by atomic mass is 10.0. The number of aromatic nitrogens is 1. The molecule has 0 unspecified atom stereocenters. The highest BCUT2D eigenvalue weighted by atomic mass is 32.1. The fourth-order valence-corrected chi connectivity index (χ4v) is 3.82. The highest BCUT2D eigenvalue weighted by Gasteiger charge is 2.16. The number of carbonyl (C=O) groups is 3. The molecule has 1 amide bonds. The summed E-state index contributed by atoms with van der Waals surface area (Å²) in [6.07, 6.45) is 0.0868. The summed E-state index contributed by atoms with van der Waals surface area (Å²) in [5.74, 6) is -0.369. The third-order valence-electron chi connectivity index (χ3n) is 4.38. The maximum atomic E-state index is 12.5. The van der Waals surface area contributed by atoms with Gasteiger partial charge in [0.1, 0.15) is 5.75 Å². The van der Waals surface area contributed by atoms with E-state index in [4.69, 9.17) is 9.47 Å². The molecule has 7 nitrogen and oxygen atoms in total. The van der Waals surface area contributed by atoms with Crippen LogP contribution < -0.4 is 10.1 Å². The molecule has 0 fully saturated rings. The zero-order valence-corrected chi connectivity index (χ0v) is 17.8. The number of carbonyl (C=O) groups excluding carboxylic acids is 3. The minimum absolute atomic E-state index is 0.0277. The molecular formula is C22H22N2O5S. The summed E-state index contributed by atoms with van der Waals surface area (Å²) in [5.41, 5.74) is 2.52. The number of ether oxygens (including phenoxy) is 2. The standard InChI is InChI=1S/C22H22N2O5S/c1-4-29-21(27)14-6-7-16-19(12-14)30-22(23-16)24-20(26)10-8-17(25)15-11-13(2)5-9-18(15)28-3/h5-7,9,11-12H,4,8,10H2,1-3H3,(H,23,24,26). The molecular weight excluding hydrogens is 404 g/mol. The highest BCUT2D eigenvalue weighted by Crippen LogP contribution is 2.27. The summed E-state index contributed by atoms with van der Waals surface area (Å²) in [5, 5.41) is 3.13. The van der Waals surface area contributed by atoms with E-state index in [2.05, 4.69) is 10.3 Å². The Morgan fingerprint density at radius 2 is 1.90 bits per heavy atom. The van der Waals surface area contributed by atoms with Crippen molar-refractivity contribution in [3.05, 3.63) is 53.1 Å². The van der Waals surface area contributed by atoms with Gasteiger partial charge in [-0.3, -0.25) is 9.59 Å². The number of fused-ring (bicyclic) bond motifs is 1. The molecule has 30 heavy (non-hydrogen) atoms. The molecule has 0 bridgehead atoms. The number of esters is 1. The van der Waals surface area contributed by atoms with E-state index in [-0.39, 0.29) is 24.5 Å². The summed E-state index contributed by atoms with van der Waals surface area (Å²) in [6.45, 7) is 3.94.